The van der Waals surface area contributed by atoms with Crippen molar-refractivity contribution >= 4 is 59.1 Å². The Kier molecular flexibility index (Phi) is 3.13. The van der Waals surface area contributed by atoms with Crippen LogP contribution < -0.4 is 5.73 Å². The van der Waals surface area contributed by atoms with Gasteiger partial charge in [0.05, 0.1) is 10.2 Å². The highest BCUT2D eigenvalue weighted by atomic mass is 79.9. The molecule has 3 aromatic rings. The Morgan fingerprint density at radius 3 is 2.56 bits per heavy atom. The van der Waals surface area contributed by atoms with Crippen LogP contribution in [0.25, 0.3) is 20.8 Å². The second-order valence-electron chi connectivity index (χ2n) is 3.86. The fourth-order valence-corrected chi connectivity index (χ4v) is 3.64. The maximum atomic E-state index is 6.01. The SMILES string of the molecule is Nc1ccc(Br)cc1-c1nc2ccc(Br)cc2s1. The van der Waals surface area contributed by atoms with E-state index < -0.39 is 0 Å². The molecule has 18 heavy (non-hydrogen) atoms. The molecule has 90 valence electrons. The number of thiazole rings is 1. The van der Waals surface area contributed by atoms with Gasteiger partial charge < -0.3 is 5.73 Å². The van der Waals surface area contributed by atoms with Crippen molar-refractivity contribution < 1.29 is 0 Å². The van der Waals surface area contributed by atoms with Gasteiger partial charge in [0.1, 0.15) is 5.01 Å². The lowest BCUT2D eigenvalue weighted by Gasteiger charge is -2.01. The minimum atomic E-state index is 0.747. The fraction of sp³-hybridized carbons (Fsp3) is 0. The van der Waals surface area contributed by atoms with E-state index in [0.717, 1.165) is 35.4 Å². The summed E-state index contributed by atoms with van der Waals surface area (Å²) in [5.41, 5.74) is 8.73. The van der Waals surface area contributed by atoms with Gasteiger partial charge in [0.2, 0.25) is 0 Å². The molecule has 0 radical (unpaired) electrons. The molecular formula is C13H8Br2N2S. The van der Waals surface area contributed by atoms with Gasteiger partial charge >= 0.3 is 0 Å². The highest BCUT2D eigenvalue weighted by Crippen LogP contribution is 2.35. The van der Waals surface area contributed by atoms with E-state index >= 15 is 0 Å². The number of halogens is 2. The molecule has 0 atom stereocenters. The number of anilines is 1. The third-order valence-electron chi connectivity index (χ3n) is 2.60. The number of benzene rings is 2. The number of hydrogen-bond acceptors (Lipinski definition) is 3. The first-order valence-corrected chi connectivity index (χ1v) is 7.65. The van der Waals surface area contributed by atoms with E-state index in [0.29, 0.717) is 0 Å². The zero-order chi connectivity index (χ0) is 12.7. The van der Waals surface area contributed by atoms with Gasteiger partial charge in [0, 0.05) is 20.2 Å². The molecular weight excluding hydrogens is 376 g/mol. The molecule has 0 aliphatic rings. The van der Waals surface area contributed by atoms with E-state index in [2.05, 4.69) is 42.9 Å². The van der Waals surface area contributed by atoms with Crippen molar-refractivity contribution in [2.45, 2.75) is 0 Å². The number of fused-ring (bicyclic) bond motifs is 1. The molecule has 3 rings (SSSR count). The van der Waals surface area contributed by atoms with Crippen LogP contribution >= 0.6 is 43.2 Å². The molecule has 0 bridgehead atoms. The van der Waals surface area contributed by atoms with E-state index in [1.54, 1.807) is 11.3 Å². The molecule has 0 saturated heterocycles. The molecule has 0 aliphatic carbocycles. The van der Waals surface area contributed by atoms with Crippen molar-refractivity contribution in [1.82, 2.24) is 4.98 Å². The summed E-state index contributed by atoms with van der Waals surface area (Å²) in [5.74, 6) is 0. The maximum absolute atomic E-state index is 6.01. The number of hydrogen-bond donors (Lipinski definition) is 1. The molecule has 2 aromatic carbocycles. The molecule has 0 unspecified atom stereocenters. The van der Waals surface area contributed by atoms with E-state index in [4.69, 9.17) is 5.73 Å². The Hall–Kier alpha value is -0.910. The van der Waals surface area contributed by atoms with Crippen LogP contribution in [0.3, 0.4) is 0 Å². The smallest absolute Gasteiger partial charge is 0.126 e. The Morgan fingerprint density at radius 1 is 1.00 bits per heavy atom. The second-order valence-corrected chi connectivity index (χ2v) is 6.72. The van der Waals surface area contributed by atoms with Gasteiger partial charge in [0.25, 0.3) is 0 Å². The number of nitrogens with zero attached hydrogens (tertiary/aromatic N) is 1. The standard InChI is InChI=1S/C13H8Br2N2S/c14-7-1-3-10(16)9(5-7)13-17-11-4-2-8(15)6-12(11)18-13/h1-6H,16H2. The first-order chi connectivity index (χ1) is 8.63. The summed E-state index contributed by atoms with van der Waals surface area (Å²) >= 11 is 8.58. The molecule has 1 aromatic heterocycles. The number of aromatic nitrogens is 1. The van der Waals surface area contributed by atoms with Crippen molar-refractivity contribution in [3.63, 3.8) is 0 Å². The van der Waals surface area contributed by atoms with Crippen LogP contribution in [0.1, 0.15) is 0 Å². The van der Waals surface area contributed by atoms with E-state index in [9.17, 15) is 0 Å². The third-order valence-corrected chi connectivity index (χ3v) is 4.63. The molecule has 0 saturated carbocycles. The zero-order valence-electron chi connectivity index (χ0n) is 9.15. The van der Waals surface area contributed by atoms with Crippen molar-refractivity contribution in [3.05, 3.63) is 45.3 Å². The minimum Gasteiger partial charge on any atom is -0.398 e. The molecule has 0 aliphatic heterocycles. The lowest BCUT2D eigenvalue weighted by molar-refractivity contribution is 1.47. The summed E-state index contributed by atoms with van der Waals surface area (Å²) in [6.45, 7) is 0. The summed E-state index contributed by atoms with van der Waals surface area (Å²) in [7, 11) is 0. The molecule has 0 amide bonds. The predicted molar refractivity (Wildman–Crippen MR) is 84.9 cm³/mol. The number of nitrogens with two attached hydrogens (primary N) is 1. The average molecular weight is 384 g/mol. The third kappa shape index (κ3) is 2.18. The Balaban J connectivity index is 2.22. The van der Waals surface area contributed by atoms with Gasteiger partial charge in [-0.2, -0.15) is 0 Å². The van der Waals surface area contributed by atoms with Gasteiger partial charge in [-0.25, -0.2) is 4.98 Å². The van der Waals surface area contributed by atoms with Crippen LogP contribution in [0, 0.1) is 0 Å². The van der Waals surface area contributed by atoms with Crippen LogP contribution in [-0.2, 0) is 0 Å². The van der Waals surface area contributed by atoms with E-state index in [-0.39, 0.29) is 0 Å². The van der Waals surface area contributed by atoms with Gasteiger partial charge in [0.15, 0.2) is 0 Å². The molecule has 5 heteroatoms. The minimum absolute atomic E-state index is 0.747. The van der Waals surface area contributed by atoms with Crippen LogP contribution in [0.15, 0.2) is 45.3 Å². The lowest BCUT2D eigenvalue weighted by Crippen LogP contribution is -1.88. The second kappa shape index (κ2) is 4.64. The fourth-order valence-electron chi connectivity index (χ4n) is 1.73. The van der Waals surface area contributed by atoms with Crippen LogP contribution in [0.4, 0.5) is 5.69 Å². The first kappa shape index (κ1) is 12.1. The summed E-state index contributed by atoms with van der Waals surface area (Å²) in [4.78, 5) is 4.62. The quantitative estimate of drug-likeness (QED) is 0.595. The normalized spacial score (nSPS) is 11.0. The van der Waals surface area contributed by atoms with Crippen LogP contribution in [0.5, 0.6) is 0 Å². The van der Waals surface area contributed by atoms with Gasteiger partial charge in [-0.15, -0.1) is 11.3 Å². The Bertz CT molecular complexity index is 737. The van der Waals surface area contributed by atoms with E-state index in [1.165, 1.54) is 0 Å². The summed E-state index contributed by atoms with van der Waals surface area (Å²) in [6, 6.07) is 11.9. The Labute approximate surface area is 125 Å². The van der Waals surface area contributed by atoms with E-state index in [1.807, 2.05) is 30.3 Å². The van der Waals surface area contributed by atoms with Crippen LogP contribution in [-0.4, -0.2) is 4.98 Å². The van der Waals surface area contributed by atoms with Gasteiger partial charge in [-0.3, -0.25) is 0 Å². The molecule has 2 N–H and O–H groups in total. The van der Waals surface area contributed by atoms with Crippen molar-refractivity contribution in [2.24, 2.45) is 0 Å². The van der Waals surface area contributed by atoms with Crippen molar-refractivity contribution in [2.75, 3.05) is 5.73 Å². The molecule has 0 fully saturated rings. The molecule has 2 nitrogen and oxygen atoms in total. The molecule has 0 spiro atoms. The highest BCUT2D eigenvalue weighted by Gasteiger charge is 2.09. The van der Waals surface area contributed by atoms with Gasteiger partial charge in [-0.1, -0.05) is 31.9 Å². The largest absolute Gasteiger partial charge is 0.398 e. The van der Waals surface area contributed by atoms with Crippen molar-refractivity contribution in [1.29, 1.82) is 0 Å². The first-order valence-electron chi connectivity index (χ1n) is 5.25. The van der Waals surface area contributed by atoms with Gasteiger partial charge in [-0.05, 0) is 36.4 Å². The Morgan fingerprint density at radius 2 is 1.72 bits per heavy atom. The lowest BCUT2D eigenvalue weighted by atomic mass is 10.2. The summed E-state index contributed by atoms with van der Waals surface area (Å²) < 4.78 is 3.22. The summed E-state index contributed by atoms with van der Waals surface area (Å²) in [5, 5.41) is 0.946. The number of nitrogen functional groups attached to an aromatic ring is 1. The topological polar surface area (TPSA) is 38.9 Å². The van der Waals surface area contributed by atoms with Crippen molar-refractivity contribution in [3.8, 4) is 10.6 Å². The predicted octanol–water partition coefficient (Wildman–Crippen LogP) is 5.07. The monoisotopic (exact) mass is 382 g/mol. The summed E-state index contributed by atoms with van der Waals surface area (Å²) in [6.07, 6.45) is 0. The highest BCUT2D eigenvalue weighted by molar-refractivity contribution is 9.10. The molecule has 1 heterocycles. The maximum Gasteiger partial charge on any atom is 0.126 e. The number of rotatable bonds is 1. The van der Waals surface area contributed by atoms with Crippen LogP contribution in [0.2, 0.25) is 0 Å². The average Bonchev–Trinajstić information content (AvgIpc) is 2.74. The zero-order valence-corrected chi connectivity index (χ0v) is 13.1.